The number of amides is 2. The third-order valence-electron chi connectivity index (χ3n) is 9.56. The van der Waals surface area contributed by atoms with E-state index < -0.39 is 17.1 Å². The van der Waals surface area contributed by atoms with Gasteiger partial charge in [0, 0.05) is 74.4 Å². The molecule has 3 rings (SSSR count). The highest BCUT2D eigenvalue weighted by atomic mass is 16.6. The van der Waals surface area contributed by atoms with E-state index in [1.54, 1.807) is 0 Å². The van der Waals surface area contributed by atoms with Crippen LogP contribution >= 0.6 is 0 Å². The molecule has 0 spiro atoms. The van der Waals surface area contributed by atoms with Gasteiger partial charge in [0.15, 0.2) is 0 Å². The van der Waals surface area contributed by atoms with Gasteiger partial charge in [0.1, 0.15) is 11.4 Å². The van der Waals surface area contributed by atoms with Crippen molar-refractivity contribution in [1.82, 2.24) is 20.1 Å². The first-order valence-electron chi connectivity index (χ1n) is 18.6. The number of nitrogens with two attached hydrogens (primary N) is 1. The second-order valence-corrected chi connectivity index (χ2v) is 15.1. The molecule has 51 heavy (non-hydrogen) atoms. The van der Waals surface area contributed by atoms with Gasteiger partial charge in [0.2, 0.25) is 5.91 Å². The van der Waals surface area contributed by atoms with Crippen molar-refractivity contribution < 1.29 is 29.3 Å². The fourth-order valence-electron chi connectivity index (χ4n) is 6.22. The molecule has 286 valence electrons. The van der Waals surface area contributed by atoms with E-state index in [1.807, 2.05) is 46.4 Å². The summed E-state index contributed by atoms with van der Waals surface area (Å²) < 4.78 is 11.2. The number of pyridine rings is 1. The smallest absolute Gasteiger partial charge is 0.407 e. The number of nitrogen functional groups attached to an aromatic ring is 1. The minimum absolute atomic E-state index is 0.124. The lowest BCUT2D eigenvalue weighted by atomic mass is 9.90. The Morgan fingerprint density at radius 1 is 1.06 bits per heavy atom. The molecule has 2 heterocycles. The molecule has 0 aliphatic carbocycles. The Morgan fingerprint density at radius 3 is 2.35 bits per heavy atom. The number of aliphatic hydroxyl groups excluding tert-OH is 2. The predicted molar refractivity (Wildman–Crippen MR) is 205 cm³/mol. The number of fused-ring (bicyclic) bond motifs is 1. The zero-order chi connectivity index (χ0) is 37.8. The van der Waals surface area contributed by atoms with Crippen LogP contribution in [0.3, 0.4) is 0 Å². The Kier molecular flexibility index (Phi) is 16.0. The summed E-state index contributed by atoms with van der Waals surface area (Å²) in [5.41, 5.74) is 11.2. The van der Waals surface area contributed by atoms with Gasteiger partial charge < -0.3 is 40.5 Å². The average molecular weight is 713 g/mol. The summed E-state index contributed by atoms with van der Waals surface area (Å²) in [5, 5.41) is 24.3. The van der Waals surface area contributed by atoms with Crippen LogP contribution in [0.2, 0.25) is 0 Å². The van der Waals surface area contributed by atoms with Crippen molar-refractivity contribution in [3.05, 3.63) is 40.6 Å². The van der Waals surface area contributed by atoms with Gasteiger partial charge in [-0.2, -0.15) is 0 Å². The number of carbonyl (C=O) groups excluding carboxylic acids is 2. The van der Waals surface area contributed by atoms with Crippen molar-refractivity contribution >= 4 is 34.4 Å². The standard InChI is InChI=1S/C39H64N6O6/c1-9-28(3)33(24-50-10-2)45(25-39(8,26-46)27-47)35-29(4)36(40)42-32-23-30(15-16-31(32)35)13-12-18-43-19-21-44(22-20-43)34(48)14-11-17-41-37(49)51-38(5,6)7/h15-16,23,46-47H,9-14,17-22,24-27H2,1-8H3,(H2,40,42)(H,41,49)/b33-28+. The maximum absolute atomic E-state index is 12.7. The van der Waals surface area contributed by atoms with Crippen LogP contribution in [-0.2, 0) is 20.7 Å². The van der Waals surface area contributed by atoms with Crippen LogP contribution in [0.4, 0.5) is 16.3 Å². The topological polar surface area (TPSA) is 154 Å². The van der Waals surface area contributed by atoms with Crippen LogP contribution in [0.1, 0.15) is 85.3 Å². The summed E-state index contributed by atoms with van der Waals surface area (Å²) in [7, 11) is 0. The molecule has 1 aliphatic rings. The molecule has 1 fully saturated rings. The Balaban J connectivity index is 1.66. The maximum atomic E-state index is 12.7. The Hall–Kier alpha value is -3.45. The van der Waals surface area contributed by atoms with Crippen LogP contribution in [0.5, 0.6) is 0 Å². The van der Waals surface area contributed by atoms with Crippen molar-refractivity contribution in [2.45, 2.75) is 93.1 Å². The number of aromatic nitrogens is 1. The van der Waals surface area contributed by atoms with Crippen molar-refractivity contribution in [2.75, 3.05) is 82.9 Å². The molecular formula is C39H64N6O6. The molecule has 1 aromatic carbocycles. The number of alkyl carbamates (subject to hydrolysis) is 1. The third kappa shape index (κ3) is 12.3. The van der Waals surface area contributed by atoms with E-state index in [0.29, 0.717) is 58.1 Å². The predicted octanol–water partition coefficient (Wildman–Crippen LogP) is 5.02. The Labute approximate surface area is 305 Å². The molecule has 2 aromatic rings. The van der Waals surface area contributed by atoms with Crippen molar-refractivity contribution in [3.63, 3.8) is 0 Å². The highest BCUT2D eigenvalue weighted by Crippen LogP contribution is 2.38. The number of aryl methyl sites for hydroxylation is 1. The van der Waals surface area contributed by atoms with Gasteiger partial charge in [-0.15, -0.1) is 0 Å². The lowest BCUT2D eigenvalue weighted by Gasteiger charge is -2.38. The van der Waals surface area contributed by atoms with Crippen LogP contribution in [0.15, 0.2) is 29.5 Å². The molecule has 0 atom stereocenters. The zero-order valence-electron chi connectivity index (χ0n) is 32.4. The largest absolute Gasteiger partial charge is 0.444 e. The number of rotatable bonds is 18. The quantitative estimate of drug-likeness (QED) is 0.155. The fraction of sp³-hybridized carbons (Fsp3) is 0.667. The molecule has 1 saturated heterocycles. The highest BCUT2D eigenvalue weighted by Gasteiger charge is 2.31. The van der Waals surface area contributed by atoms with E-state index in [2.05, 4.69) is 47.2 Å². The van der Waals surface area contributed by atoms with Gasteiger partial charge in [0.05, 0.1) is 31.0 Å². The molecule has 12 heteroatoms. The van der Waals surface area contributed by atoms with Crippen LogP contribution in [0.25, 0.3) is 10.9 Å². The third-order valence-corrected chi connectivity index (χ3v) is 9.56. The lowest BCUT2D eigenvalue weighted by molar-refractivity contribution is -0.133. The maximum Gasteiger partial charge on any atom is 0.407 e. The summed E-state index contributed by atoms with van der Waals surface area (Å²) in [6, 6.07) is 6.40. The van der Waals surface area contributed by atoms with Gasteiger partial charge in [0.25, 0.3) is 0 Å². The first-order chi connectivity index (χ1) is 24.1. The minimum atomic E-state index is -0.762. The van der Waals surface area contributed by atoms with E-state index in [1.165, 1.54) is 11.1 Å². The number of anilines is 2. The molecule has 2 amide bonds. The first kappa shape index (κ1) is 42.0. The minimum Gasteiger partial charge on any atom is -0.444 e. The number of allylic oxidation sites excluding steroid dienone is 1. The molecule has 0 bridgehead atoms. The van der Waals surface area contributed by atoms with E-state index in [9.17, 15) is 19.8 Å². The van der Waals surface area contributed by atoms with Gasteiger partial charge in [-0.25, -0.2) is 9.78 Å². The second kappa shape index (κ2) is 19.4. The molecule has 5 N–H and O–H groups in total. The summed E-state index contributed by atoms with van der Waals surface area (Å²) in [5.74, 6) is 0.574. The van der Waals surface area contributed by atoms with Crippen molar-refractivity contribution in [2.24, 2.45) is 5.41 Å². The average Bonchev–Trinajstić information content (AvgIpc) is 3.09. The lowest BCUT2D eigenvalue weighted by Crippen LogP contribution is -2.49. The summed E-state index contributed by atoms with van der Waals surface area (Å²) in [4.78, 5) is 35.9. The number of hydrogen-bond donors (Lipinski definition) is 4. The molecular weight excluding hydrogens is 648 g/mol. The van der Waals surface area contributed by atoms with E-state index in [0.717, 1.165) is 66.7 Å². The normalized spacial score (nSPS) is 14.8. The van der Waals surface area contributed by atoms with Crippen LogP contribution in [0, 0.1) is 12.3 Å². The molecule has 1 aliphatic heterocycles. The highest BCUT2D eigenvalue weighted by molar-refractivity contribution is 5.97. The Morgan fingerprint density at radius 2 is 1.75 bits per heavy atom. The van der Waals surface area contributed by atoms with Crippen molar-refractivity contribution in [3.8, 4) is 0 Å². The summed E-state index contributed by atoms with van der Waals surface area (Å²) in [6.07, 6.45) is 3.21. The van der Waals surface area contributed by atoms with Gasteiger partial charge in [-0.3, -0.25) is 9.69 Å². The number of piperazine rings is 1. The van der Waals surface area contributed by atoms with Crippen LogP contribution in [-0.4, -0.2) is 115 Å². The van der Waals surface area contributed by atoms with E-state index >= 15 is 0 Å². The molecule has 0 saturated carbocycles. The number of nitrogens with one attached hydrogen (secondary N) is 1. The fourth-order valence-corrected chi connectivity index (χ4v) is 6.22. The van der Waals surface area contributed by atoms with Gasteiger partial charge in [-0.1, -0.05) is 31.6 Å². The number of aliphatic hydroxyl groups is 2. The monoisotopic (exact) mass is 712 g/mol. The number of nitrogens with zero attached hydrogens (tertiary/aromatic N) is 4. The number of benzene rings is 1. The zero-order valence-corrected chi connectivity index (χ0v) is 32.4. The molecule has 12 nitrogen and oxygen atoms in total. The molecule has 0 radical (unpaired) electrons. The second-order valence-electron chi connectivity index (χ2n) is 15.1. The van der Waals surface area contributed by atoms with Crippen LogP contribution < -0.4 is 16.0 Å². The van der Waals surface area contributed by atoms with Crippen molar-refractivity contribution in [1.29, 1.82) is 0 Å². The number of carbonyl (C=O) groups is 2. The summed E-state index contributed by atoms with van der Waals surface area (Å²) in [6.45, 7) is 21.0. The SMILES string of the molecule is CCOC/C(=C(/C)CC)N(CC(C)(CO)CO)c1c(C)c(N)nc2cc(CCCN3CCN(C(=O)CCCNC(=O)OC(C)(C)C)CC3)ccc12. The van der Waals surface area contributed by atoms with Gasteiger partial charge >= 0.3 is 6.09 Å². The first-order valence-corrected chi connectivity index (χ1v) is 18.6. The number of ether oxygens (including phenoxy) is 2. The van der Waals surface area contributed by atoms with Gasteiger partial charge in [-0.05, 0) is 85.4 Å². The Bertz CT molecular complexity index is 1480. The molecule has 1 aromatic heterocycles. The summed E-state index contributed by atoms with van der Waals surface area (Å²) >= 11 is 0. The molecule has 0 unspecified atom stereocenters. The van der Waals surface area contributed by atoms with E-state index in [-0.39, 0.29) is 19.1 Å². The number of hydrogen-bond acceptors (Lipinski definition) is 10. The van der Waals surface area contributed by atoms with E-state index in [4.69, 9.17) is 20.2 Å².